The van der Waals surface area contributed by atoms with Crippen molar-refractivity contribution >= 4 is 0 Å². The van der Waals surface area contributed by atoms with Gasteiger partial charge in [-0.15, -0.1) is 0 Å². The first-order chi connectivity index (χ1) is 9.52. The van der Waals surface area contributed by atoms with Gasteiger partial charge in [-0.2, -0.15) is 0 Å². The summed E-state index contributed by atoms with van der Waals surface area (Å²) < 4.78 is 4.63. The molecule has 0 aliphatic carbocycles. The predicted octanol–water partition coefficient (Wildman–Crippen LogP) is -3.02. The second kappa shape index (κ2) is 10.1. The average molecular weight is 430 g/mol. The molecule has 2 nitrogen and oxygen atoms in total. The molecule has 0 bridgehead atoms. The van der Waals surface area contributed by atoms with Gasteiger partial charge in [-0.1, -0.05) is 0 Å². The summed E-state index contributed by atoms with van der Waals surface area (Å²) in [6, 6.07) is 4.45. The Balaban J connectivity index is 0.00000220. The van der Waals surface area contributed by atoms with E-state index in [-0.39, 0.29) is 34.0 Å². The van der Waals surface area contributed by atoms with Gasteiger partial charge in [0, 0.05) is 35.1 Å². The Bertz CT molecular complexity index is 504. The number of rotatable bonds is 5. The Morgan fingerprint density at radius 2 is 0.864 bits per heavy atom. The molecule has 22 heavy (non-hydrogen) atoms. The lowest BCUT2D eigenvalue weighted by atomic mass is 10.2. The van der Waals surface area contributed by atoms with Crippen LogP contribution in [0.1, 0.15) is 35.1 Å². The lowest BCUT2D eigenvalue weighted by Gasteiger charge is -2.01. The van der Waals surface area contributed by atoms with Crippen molar-refractivity contribution in [2.24, 2.45) is 0 Å². The van der Waals surface area contributed by atoms with E-state index >= 15 is 0 Å². The molecule has 0 atom stereocenters. The molecule has 0 radical (unpaired) electrons. The van der Waals surface area contributed by atoms with E-state index in [1.807, 2.05) is 0 Å². The standard InChI is InChI=1S/C18H26N2.2BrH/c1-15-9-16(2)12-19(11-15)7-5-6-8-20-13-17(3)10-18(4)14-20;;/h9-14H,5-8H2,1-4H3;2*1H/q+2;;/p-2. The first-order valence-electron chi connectivity index (χ1n) is 7.47. The van der Waals surface area contributed by atoms with E-state index in [2.05, 4.69) is 73.7 Å². The Morgan fingerprint density at radius 1 is 0.591 bits per heavy atom. The van der Waals surface area contributed by atoms with Crippen LogP contribution >= 0.6 is 0 Å². The Kier molecular flexibility index (Phi) is 9.77. The van der Waals surface area contributed by atoms with Gasteiger partial charge in [0.05, 0.1) is 0 Å². The van der Waals surface area contributed by atoms with Crippen LogP contribution in [-0.4, -0.2) is 0 Å². The molecule has 2 heterocycles. The zero-order valence-corrected chi connectivity index (χ0v) is 17.1. The van der Waals surface area contributed by atoms with Crippen LogP contribution in [0, 0.1) is 27.7 Å². The Labute approximate surface area is 155 Å². The Morgan fingerprint density at radius 3 is 1.14 bits per heavy atom. The molecular weight excluding hydrogens is 404 g/mol. The molecule has 4 heteroatoms. The highest BCUT2D eigenvalue weighted by molar-refractivity contribution is 5.11. The molecule has 0 saturated carbocycles. The second-order valence-electron chi connectivity index (χ2n) is 5.96. The van der Waals surface area contributed by atoms with E-state index in [4.69, 9.17) is 0 Å². The fourth-order valence-corrected chi connectivity index (χ4v) is 2.84. The number of halogens is 2. The quantitative estimate of drug-likeness (QED) is 0.353. The molecule has 0 aliphatic heterocycles. The van der Waals surface area contributed by atoms with Crippen LogP contribution in [-0.2, 0) is 13.1 Å². The van der Waals surface area contributed by atoms with E-state index in [9.17, 15) is 0 Å². The third-order valence-corrected chi connectivity index (χ3v) is 3.47. The monoisotopic (exact) mass is 428 g/mol. The number of unbranched alkanes of at least 4 members (excludes halogenated alkanes) is 1. The highest BCUT2D eigenvalue weighted by atomic mass is 79.9. The van der Waals surface area contributed by atoms with Crippen LogP contribution in [0.15, 0.2) is 36.9 Å². The fraction of sp³-hybridized carbons (Fsp3) is 0.444. The van der Waals surface area contributed by atoms with Gasteiger partial charge in [0.15, 0.2) is 24.8 Å². The first-order valence-corrected chi connectivity index (χ1v) is 7.47. The van der Waals surface area contributed by atoms with Gasteiger partial charge in [0.1, 0.15) is 13.1 Å². The van der Waals surface area contributed by atoms with E-state index in [0.717, 1.165) is 13.1 Å². The SMILES string of the molecule is Cc1cc(C)c[n+](CCCC[n+]2cc(C)cc(C)c2)c1.[Br-].[Br-]. The number of pyridine rings is 2. The van der Waals surface area contributed by atoms with Crippen LogP contribution in [0.3, 0.4) is 0 Å². The lowest BCUT2D eigenvalue weighted by Crippen LogP contribution is -3.00. The summed E-state index contributed by atoms with van der Waals surface area (Å²) in [4.78, 5) is 0. The van der Waals surface area contributed by atoms with Gasteiger partial charge < -0.3 is 34.0 Å². The van der Waals surface area contributed by atoms with Crippen LogP contribution in [0.2, 0.25) is 0 Å². The third-order valence-electron chi connectivity index (χ3n) is 3.47. The van der Waals surface area contributed by atoms with Gasteiger partial charge in [-0.05, 0) is 39.8 Å². The molecule has 2 aromatic heterocycles. The molecule has 0 fully saturated rings. The van der Waals surface area contributed by atoms with Gasteiger partial charge >= 0.3 is 0 Å². The molecule has 0 aliphatic rings. The first kappa shape index (κ1) is 21.3. The van der Waals surface area contributed by atoms with Crippen molar-refractivity contribution < 1.29 is 43.1 Å². The molecule has 0 N–H and O–H groups in total. The van der Waals surface area contributed by atoms with E-state index in [1.54, 1.807) is 0 Å². The predicted molar refractivity (Wildman–Crippen MR) is 81.5 cm³/mol. The number of aromatic nitrogens is 2. The minimum absolute atomic E-state index is 0. The zero-order valence-electron chi connectivity index (χ0n) is 13.9. The number of hydrogen-bond acceptors (Lipinski definition) is 0. The van der Waals surface area contributed by atoms with Gasteiger partial charge in [-0.3, -0.25) is 0 Å². The molecule has 2 rings (SSSR count). The smallest absolute Gasteiger partial charge is 0.171 e. The zero-order chi connectivity index (χ0) is 14.5. The van der Waals surface area contributed by atoms with Crippen molar-refractivity contribution in [1.82, 2.24) is 0 Å². The summed E-state index contributed by atoms with van der Waals surface area (Å²) in [5, 5.41) is 0. The number of aryl methyl sites for hydroxylation is 6. The van der Waals surface area contributed by atoms with Crippen LogP contribution < -0.4 is 43.1 Å². The maximum Gasteiger partial charge on any atom is 0.171 e. The molecule has 2 aromatic rings. The largest absolute Gasteiger partial charge is 1.00 e. The normalized spacial score (nSPS) is 9.82. The maximum atomic E-state index is 2.32. The highest BCUT2D eigenvalue weighted by Gasteiger charge is 2.06. The summed E-state index contributed by atoms with van der Waals surface area (Å²) in [7, 11) is 0. The summed E-state index contributed by atoms with van der Waals surface area (Å²) in [6.07, 6.45) is 11.4. The van der Waals surface area contributed by atoms with E-state index in [1.165, 1.54) is 35.1 Å². The molecule has 122 valence electrons. The molecule has 0 spiro atoms. The van der Waals surface area contributed by atoms with Gasteiger partial charge in [0.25, 0.3) is 0 Å². The number of hydrogen-bond donors (Lipinski definition) is 0. The third kappa shape index (κ3) is 7.01. The van der Waals surface area contributed by atoms with Crippen LogP contribution in [0.4, 0.5) is 0 Å². The summed E-state index contributed by atoms with van der Waals surface area (Å²) in [6.45, 7) is 10.9. The van der Waals surface area contributed by atoms with Crippen molar-refractivity contribution in [3.05, 3.63) is 59.2 Å². The molecule has 0 aromatic carbocycles. The molecule has 0 saturated heterocycles. The van der Waals surface area contributed by atoms with Gasteiger partial charge in [-0.25, -0.2) is 9.13 Å². The lowest BCUT2D eigenvalue weighted by molar-refractivity contribution is -0.708. The fourth-order valence-electron chi connectivity index (χ4n) is 2.84. The van der Waals surface area contributed by atoms with Crippen LogP contribution in [0.25, 0.3) is 0 Å². The number of nitrogens with zero attached hydrogens (tertiary/aromatic N) is 2. The van der Waals surface area contributed by atoms with Crippen molar-refractivity contribution in [3.63, 3.8) is 0 Å². The Hall–Kier alpha value is -0.740. The second-order valence-corrected chi connectivity index (χ2v) is 5.96. The topological polar surface area (TPSA) is 7.76 Å². The van der Waals surface area contributed by atoms with Crippen molar-refractivity contribution in [2.45, 2.75) is 53.6 Å². The van der Waals surface area contributed by atoms with Crippen molar-refractivity contribution in [1.29, 1.82) is 0 Å². The van der Waals surface area contributed by atoms with E-state index in [0.29, 0.717) is 0 Å². The highest BCUT2D eigenvalue weighted by Crippen LogP contribution is 2.00. The van der Waals surface area contributed by atoms with Crippen molar-refractivity contribution in [2.75, 3.05) is 0 Å². The van der Waals surface area contributed by atoms with Crippen molar-refractivity contribution in [3.8, 4) is 0 Å². The summed E-state index contributed by atoms with van der Waals surface area (Å²) >= 11 is 0. The molecule has 0 amide bonds. The summed E-state index contributed by atoms with van der Waals surface area (Å²) in [5.74, 6) is 0. The summed E-state index contributed by atoms with van der Waals surface area (Å²) in [5.41, 5.74) is 5.37. The van der Waals surface area contributed by atoms with Crippen LogP contribution in [0.5, 0.6) is 0 Å². The minimum atomic E-state index is 0. The molecular formula is C18H26Br2N2. The van der Waals surface area contributed by atoms with Gasteiger partial charge in [0.2, 0.25) is 0 Å². The molecule has 0 unspecified atom stereocenters. The average Bonchev–Trinajstić information content (AvgIpc) is 2.32. The minimum Gasteiger partial charge on any atom is -1.00 e. The maximum absolute atomic E-state index is 2.32. The van der Waals surface area contributed by atoms with E-state index < -0.39 is 0 Å².